The first-order valence-electron chi connectivity index (χ1n) is 10.3. The normalized spacial score (nSPS) is 28.8. The van der Waals surface area contributed by atoms with Gasteiger partial charge in [0.2, 0.25) is 0 Å². The first-order valence-corrected chi connectivity index (χ1v) is 10.3. The quantitative estimate of drug-likeness (QED) is 0.685. The summed E-state index contributed by atoms with van der Waals surface area (Å²) in [6.07, 6.45) is 6.58. The van der Waals surface area contributed by atoms with E-state index in [0.29, 0.717) is 0 Å². The summed E-state index contributed by atoms with van der Waals surface area (Å²) in [5.74, 6) is 2.27. The number of likely N-dealkylation sites (tertiary alicyclic amines) is 1. The van der Waals surface area contributed by atoms with Gasteiger partial charge in [-0.3, -0.25) is 9.80 Å². The number of nitrogens with zero attached hydrogens (tertiary/aromatic N) is 2. The van der Waals surface area contributed by atoms with Gasteiger partial charge in [0.25, 0.3) is 0 Å². The van der Waals surface area contributed by atoms with Gasteiger partial charge in [0.05, 0.1) is 0 Å². The summed E-state index contributed by atoms with van der Waals surface area (Å²) < 4.78 is 0. The van der Waals surface area contributed by atoms with Crippen molar-refractivity contribution in [2.75, 3.05) is 32.7 Å². The number of hydrogen-bond donors (Lipinski definition) is 0. The molecule has 0 aromatic heterocycles. The zero-order valence-electron chi connectivity index (χ0n) is 16.5. The Balaban J connectivity index is 1.57. The molecule has 1 aromatic carbocycles. The molecule has 1 fully saturated rings. The average Bonchev–Trinajstić information content (AvgIpc) is 2.60. The van der Waals surface area contributed by atoms with Crippen molar-refractivity contribution in [1.82, 2.24) is 9.80 Å². The van der Waals surface area contributed by atoms with E-state index in [0.717, 1.165) is 24.3 Å². The van der Waals surface area contributed by atoms with Crippen molar-refractivity contribution in [3.63, 3.8) is 0 Å². The van der Waals surface area contributed by atoms with Crippen LogP contribution in [-0.2, 0) is 6.54 Å². The van der Waals surface area contributed by atoms with E-state index in [1.807, 2.05) is 0 Å². The molecule has 2 aliphatic rings. The standard InChI is InChI=1S/C23H36N2/c1-4-5-12-24-15-19(2)14-22(18-24)23-11-13-25(16-20(23)3)17-21-9-7-6-8-10-21/h6-10,14,19-20,23H,4-5,11-13,15-18H2,1-3H3/t19-,20+,23+/m0/s1. The predicted octanol–water partition coefficient (Wildman–Crippen LogP) is 4.82. The van der Waals surface area contributed by atoms with Crippen molar-refractivity contribution >= 4 is 0 Å². The lowest BCUT2D eigenvalue weighted by Gasteiger charge is -2.41. The molecule has 0 radical (unpaired) electrons. The van der Waals surface area contributed by atoms with E-state index in [9.17, 15) is 0 Å². The van der Waals surface area contributed by atoms with Gasteiger partial charge in [-0.1, -0.05) is 69.2 Å². The maximum Gasteiger partial charge on any atom is 0.0233 e. The predicted molar refractivity (Wildman–Crippen MR) is 108 cm³/mol. The van der Waals surface area contributed by atoms with E-state index in [2.05, 4.69) is 67.0 Å². The monoisotopic (exact) mass is 340 g/mol. The number of unbranched alkanes of at least 4 members (excludes halogenated alkanes) is 1. The molecule has 0 N–H and O–H groups in total. The van der Waals surface area contributed by atoms with Crippen LogP contribution in [0.15, 0.2) is 42.0 Å². The van der Waals surface area contributed by atoms with Gasteiger partial charge in [-0.2, -0.15) is 0 Å². The minimum absolute atomic E-state index is 0.718. The third-order valence-corrected chi connectivity index (χ3v) is 5.99. The topological polar surface area (TPSA) is 6.48 Å². The largest absolute Gasteiger partial charge is 0.299 e. The van der Waals surface area contributed by atoms with Gasteiger partial charge in [0.1, 0.15) is 0 Å². The number of hydrogen-bond acceptors (Lipinski definition) is 2. The van der Waals surface area contributed by atoms with Crippen LogP contribution in [0.1, 0.15) is 45.6 Å². The van der Waals surface area contributed by atoms with Gasteiger partial charge < -0.3 is 0 Å². The Morgan fingerprint density at radius 3 is 2.56 bits per heavy atom. The van der Waals surface area contributed by atoms with Gasteiger partial charge in [0.15, 0.2) is 0 Å². The fourth-order valence-electron chi connectivity index (χ4n) is 4.76. The summed E-state index contributed by atoms with van der Waals surface area (Å²) in [6.45, 7) is 14.5. The molecule has 0 amide bonds. The van der Waals surface area contributed by atoms with Crippen LogP contribution in [0, 0.1) is 17.8 Å². The molecular formula is C23H36N2. The summed E-state index contributed by atoms with van der Waals surface area (Å²) in [5.41, 5.74) is 3.19. The number of piperidine rings is 1. The Bertz CT molecular complexity index is 550. The van der Waals surface area contributed by atoms with Crippen LogP contribution < -0.4 is 0 Å². The smallest absolute Gasteiger partial charge is 0.0233 e. The third kappa shape index (κ3) is 5.18. The summed E-state index contributed by atoms with van der Waals surface area (Å²) >= 11 is 0. The first-order chi connectivity index (χ1) is 12.2. The minimum Gasteiger partial charge on any atom is -0.299 e. The Morgan fingerprint density at radius 1 is 1.04 bits per heavy atom. The summed E-state index contributed by atoms with van der Waals surface area (Å²) in [6, 6.07) is 10.9. The highest BCUT2D eigenvalue weighted by Gasteiger charge is 2.31. The van der Waals surface area contributed by atoms with Gasteiger partial charge in [-0.05, 0) is 49.2 Å². The highest BCUT2D eigenvalue weighted by molar-refractivity contribution is 5.17. The second-order valence-corrected chi connectivity index (χ2v) is 8.40. The molecule has 2 heterocycles. The van der Waals surface area contributed by atoms with E-state index in [-0.39, 0.29) is 0 Å². The van der Waals surface area contributed by atoms with Gasteiger partial charge in [-0.15, -0.1) is 0 Å². The molecule has 3 atom stereocenters. The van der Waals surface area contributed by atoms with Crippen LogP contribution >= 0.6 is 0 Å². The molecular weight excluding hydrogens is 304 g/mol. The van der Waals surface area contributed by atoms with Gasteiger partial charge >= 0.3 is 0 Å². The number of benzene rings is 1. The highest BCUT2D eigenvalue weighted by atomic mass is 15.1. The van der Waals surface area contributed by atoms with Crippen molar-refractivity contribution in [1.29, 1.82) is 0 Å². The molecule has 0 bridgehead atoms. The third-order valence-electron chi connectivity index (χ3n) is 5.99. The van der Waals surface area contributed by atoms with Gasteiger partial charge in [-0.25, -0.2) is 0 Å². The molecule has 0 saturated carbocycles. The molecule has 25 heavy (non-hydrogen) atoms. The minimum atomic E-state index is 0.718. The van der Waals surface area contributed by atoms with Crippen molar-refractivity contribution in [3.05, 3.63) is 47.5 Å². The maximum atomic E-state index is 2.70. The SMILES string of the molecule is CCCCN1CC([C@@H]2CCN(Cc3ccccc3)C[C@H]2C)=C[C@H](C)C1. The van der Waals surface area contributed by atoms with Crippen molar-refractivity contribution in [2.45, 2.75) is 46.6 Å². The van der Waals surface area contributed by atoms with Crippen LogP contribution in [0.2, 0.25) is 0 Å². The fraction of sp³-hybridized carbons (Fsp3) is 0.652. The maximum absolute atomic E-state index is 2.70. The molecule has 0 aliphatic carbocycles. The van der Waals surface area contributed by atoms with Crippen LogP contribution in [0.5, 0.6) is 0 Å². The second-order valence-electron chi connectivity index (χ2n) is 8.40. The van der Waals surface area contributed by atoms with E-state index >= 15 is 0 Å². The fourth-order valence-corrected chi connectivity index (χ4v) is 4.76. The van der Waals surface area contributed by atoms with Crippen molar-refractivity contribution in [3.8, 4) is 0 Å². The Morgan fingerprint density at radius 2 is 1.84 bits per heavy atom. The molecule has 2 aliphatic heterocycles. The number of rotatable bonds is 6. The van der Waals surface area contributed by atoms with E-state index in [4.69, 9.17) is 0 Å². The molecule has 1 saturated heterocycles. The lowest BCUT2D eigenvalue weighted by atomic mass is 9.78. The van der Waals surface area contributed by atoms with Crippen LogP contribution in [0.25, 0.3) is 0 Å². The Kier molecular flexibility index (Phi) is 6.72. The van der Waals surface area contributed by atoms with Crippen molar-refractivity contribution in [2.24, 2.45) is 17.8 Å². The molecule has 0 unspecified atom stereocenters. The lowest BCUT2D eigenvalue weighted by molar-refractivity contribution is 0.129. The van der Waals surface area contributed by atoms with Gasteiger partial charge in [0, 0.05) is 26.2 Å². The summed E-state index contributed by atoms with van der Waals surface area (Å²) in [4.78, 5) is 5.35. The molecule has 2 nitrogen and oxygen atoms in total. The second kappa shape index (κ2) is 9.00. The molecule has 1 aromatic rings. The molecule has 3 rings (SSSR count). The summed E-state index contributed by atoms with van der Waals surface area (Å²) in [7, 11) is 0. The Labute approximate surface area is 154 Å². The van der Waals surface area contributed by atoms with Crippen LogP contribution in [0.3, 0.4) is 0 Å². The highest BCUT2D eigenvalue weighted by Crippen LogP contribution is 2.33. The van der Waals surface area contributed by atoms with E-state index in [1.165, 1.54) is 57.5 Å². The summed E-state index contributed by atoms with van der Waals surface area (Å²) in [5, 5.41) is 0. The molecule has 0 spiro atoms. The zero-order chi connectivity index (χ0) is 17.6. The first kappa shape index (κ1) is 18.7. The van der Waals surface area contributed by atoms with E-state index in [1.54, 1.807) is 5.57 Å². The van der Waals surface area contributed by atoms with Crippen molar-refractivity contribution < 1.29 is 0 Å². The molecule has 138 valence electrons. The average molecular weight is 341 g/mol. The zero-order valence-corrected chi connectivity index (χ0v) is 16.5. The Hall–Kier alpha value is -1.12. The van der Waals surface area contributed by atoms with E-state index < -0.39 is 0 Å². The molecule has 2 heteroatoms. The van der Waals surface area contributed by atoms with Crippen LogP contribution in [0.4, 0.5) is 0 Å². The van der Waals surface area contributed by atoms with Crippen LogP contribution in [-0.4, -0.2) is 42.5 Å². The lowest BCUT2D eigenvalue weighted by Crippen LogP contribution is -2.43.